The lowest BCUT2D eigenvalue weighted by molar-refractivity contribution is 0.102. The van der Waals surface area contributed by atoms with E-state index in [2.05, 4.69) is 0 Å². The van der Waals surface area contributed by atoms with E-state index in [1.54, 1.807) is 26.4 Å². The molecule has 0 spiro atoms. The minimum atomic E-state index is -0.0221. The summed E-state index contributed by atoms with van der Waals surface area (Å²) >= 11 is 6.17. The zero-order valence-corrected chi connectivity index (χ0v) is 16.4. The Morgan fingerprint density at radius 2 is 1.80 bits per heavy atom. The highest BCUT2D eigenvalue weighted by atomic mass is 35.5. The fourth-order valence-electron chi connectivity index (χ4n) is 3.43. The maximum absolute atomic E-state index is 13.2. The SMILES string of the molecule is COc1cc(C(=O)C(=CN(C)C)CC2CCCCC2)c(OC)cc1Cl. The second-order valence-electron chi connectivity index (χ2n) is 6.84. The number of carbonyl (C=O) groups is 1. The largest absolute Gasteiger partial charge is 0.496 e. The molecule has 1 saturated carbocycles. The first kappa shape index (κ1) is 19.6. The first-order valence-electron chi connectivity index (χ1n) is 8.79. The summed E-state index contributed by atoms with van der Waals surface area (Å²) in [6.45, 7) is 0. The third-order valence-corrected chi connectivity index (χ3v) is 4.95. The van der Waals surface area contributed by atoms with Crippen molar-refractivity contribution in [2.75, 3.05) is 28.3 Å². The van der Waals surface area contributed by atoms with Crippen LogP contribution in [0.1, 0.15) is 48.9 Å². The Morgan fingerprint density at radius 3 is 2.36 bits per heavy atom. The van der Waals surface area contributed by atoms with Crippen molar-refractivity contribution in [3.8, 4) is 11.5 Å². The molecule has 2 rings (SSSR count). The second kappa shape index (κ2) is 9.14. The third-order valence-electron chi connectivity index (χ3n) is 4.66. The Balaban J connectivity index is 2.35. The number of ether oxygens (including phenoxy) is 2. The number of rotatable bonds is 7. The molecule has 1 aromatic rings. The molecule has 0 bridgehead atoms. The smallest absolute Gasteiger partial charge is 0.194 e. The van der Waals surface area contributed by atoms with Crippen LogP contribution in [0.25, 0.3) is 0 Å². The van der Waals surface area contributed by atoms with Gasteiger partial charge < -0.3 is 14.4 Å². The normalized spacial score (nSPS) is 15.8. The highest BCUT2D eigenvalue weighted by Crippen LogP contribution is 2.36. The summed E-state index contributed by atoms with van der Waals surface area (Å²) in [6.07, 6.45) is 8.93. The molecule has 0 aromatic heterocycles. The Kier molecular flexibility index (Phi) is 7.18. The van der Waals surface area contributed by atoms with E-state index in [0.717, 1.165) is 12.0 Å². The van der Waals surface area contributed by atoms with Crippen LogP contribution in [-0.2, 0) is 0 Å². The molecule has 0 atom stereocenters. The minimum absolute atomic E-state index is 0.0221. The molecule has 25 heavy (non-hydrogen) atoms. The minimum Gasteiger partial charge on any atom is -0.496 e. The topological polar surface area (TPSA) is 38.8 Å². The average Bonchev–Trinajstić information content (AvgIpc) is 2.60. The molecule has 0 N–H and O–H groups in total. The van der Waals surface area contributed by atoms with E-state index in [4.69, 9.17) is 21.1 Å². The number of Topliss-reactive ketones (excluding diaryl/α,β-unsaturated/α-hetero) is 1. The number of carbonyl (C=O) groups excluding carboxylic acids is 1. The van der Waals surface area contributed by atoms with Crippen LogP contribution >= 0.6 is 11.6 Å². The zero-order valence-electron chi connectivity index (χ0n) is 15.6. The fraction of sp³-hybridized carbons (Fsp3) is 0.550. The van der Waals surface area contributed by atoms with Crippen molar-refractivity contribution in [2.45, 2.75) is 38.5 Å². The summed E-state index contributed by atoms with van der Waals surface area (Å²) in [5.74, 6) is 1.51. The van der Waals surface area contributed by atoms with E-state index >= 15 is 0 Å². The molecule has 1 aliphatic rings. The molecule has 1 aliphatic carbocycles. The predicted molar refractivity (Wildman–Crippen MR) is 102 cm³/mol. The van der Waals surface area contributed by atoms with Crippen LogP contribution < -0.4 is 9.47 Å². The van der Waals surface area contributed by atoms with Crippen molar-refractivity contribution in [2.24, 2.45) is 5.92 Å². The van der Waals surface area contributed by atoms with Gasteiger partial charge in [0.1, 0.15) is 11.5 Å². The van der Waals surface area contributed by atoms with E-state index in [9.17, 15) is 4.79 Å². The summed E-state index contributed by atoms with van der Waals surface area (Å²) < 4.78 is 10.7. The number of methoxy groups -OCH3 is 2. The summed E-state index contributed by atoms with van der Waals surface area (Å²) in [6, 6.07) is 3.31. The maximum Gasteiger partial charge on any atom is 0.194 e. The van der Waals surface area contributed by atoms with E-state index in [-0.39, 0.29) is 5.78 Å². The van der Waals surface area contributed by atoms with Gasteiger partial charge in [-0.05, 0) is 18.4 Å². The van der Waals surface area contributed by atoms with Crippen LogP contribution in [0.5, 0.6) is 11.5 Å². The van der Waals surface area contributed by atoms with Crippen LogP contribution in [0.4, 0.5) is 0 Å². The van der Waals surface area contributed by atoms with Crippen molar-refractivity contribution in [3.05, 3.63) is 34.5 Å². The van der Waals surface area contributed by atoms with Gasteiger partial charge in [0.2, 0.25) is 0 Å². The quantitative estimate of drug-likeness (QED) is 0.506. The molecule has 0 heterocycles. The van der Waals surface area contributed by atoms with Gasteiger partial charge in [-0.2, -0.15) is 0 Å². The Bertz CT molecular complexity index is 634. The van der Waals surface area contributed by atoms with Crippen molar-refractivity contribution in [3.63, 3.8) is 0 Å². The molecular weight excluding hydrogens is 338 g/mol. The molecule has 0 radical (unpaired) electrons. The molecule has 5 heteroatoms. The van der Waals surface area contributed by atoms with Gasteiger partial charge in [-0.25, -0.2) is 0 Å². The van der Waals surface area contributed by atoms with Gasteiger partial charge in [0.15, 0.2) is 5.78 Å². The Hall–Kier alpha value is -1.68. The molecule has 4 nitrogen and oxygen atoms in total. The summed E-state index contributed by atoms with van der Waals surface area (Å²) in [5, 5.41) is 0.432. The van der Waals surface area contributed by atoms with Crippen LogP contribution in [0, 0.1) is 5.92 Å². The molecule has 0 amide bonds. The summed E-state index contributed by atoms with van der Waals surface area (Å²) in [7, 11) is 6.97. The van der Waals surface area contributed by atoms with Gasteiger partial charge in [0.05, 0.1) is 24.8 Å². The number of halogens is 1. The molecule has 0 unspecified atom stereocenters. The fourth-order valence-corrected chi connectivity index (χ4v) is 3.66. The van der Waals surface area contributed by atoms with E-state index in [0.29, 0.717) is 28.0 Å². The summed E-state index contributed by atoms with van der Waals surface area (Å²) in [4.78, 5) is 15.2. The molecule has 138 valence electrons. The number of nitrogens with zero attached hydrogens (tertiary/aromatic N) is 1. The molecule has 0 aliphatic heterocycles. The predicted octanol–water partition coefficient (Wildman–Crippen LogP) is 4.96. The van der Waals surface area contributed by atoms with Crippen LogP contribution in [0.15, 0.2) is 23.9 Å². The van der Waals surface area contributed by atoms with Crippen LogP contribution in [-0.4, -0.2) is 39.0 Å². The van der Waals surface area contributed by atoms with E-state index in [1.807, 2.05) is 25.2 Å². The van der Waals surface area contributed by atoms with Gasteiger partial charge in [-0.3, -0.25) is 4.79 Å². The molecule has 1 fully saturated rings. The third kappa shape index (κ3) is 5.15. The molecule has 1 aromatic carbocycles. The van der Waals surface area contributed by atoms with Gasteiger partial charge >= 0.3 is 0 Å². The van der Waals surface area contributed by atoms with Gasteiger partial charge in [0, 0.05) is 31.9 Å². The first-order chi connectivity index (χ1) is 12.0. The number of hydrogen-bond donors (Lipinski definition) is 0. The lowest BCUT2D eigenvalue weighted by Gasteiger charge is -2.23. The van der Waals surface area contributed by atoms with Crippen LogP contribution in [0.2, 0.25) is 5.02 Å². The summed E-state index contributed by atoms with van der Waals surface area (Å²) in [5.41, 5.74) is 1.30. The van der Waals surface area contributed by atoms with Crippen molar-refractivity contribution in [1.82, 2.24) is 4.90 Å². The van der Waals surface area contributed by atoms with Gasteiger partial charge in [0.25, 0.3) is 0 Å². The standard InChI is InChI=1S/C20H28ClNO3/c1-22(2)13-15(10-14-8-6-5-7-9-14)20(23)16-11-19(25-4)17(21)12-18(16)24-3/h11-14H,5-10H2,1-4H3. The van der Waals surface area contributed by atoms with E-state index in [1.165, 1.54) is 32.1 Å². The van der Waals surface area contributed by atoms with Crippen molar-refractivity contribution in [1.29, 1.82) is 0 Å². The lowest BCUT2D eigenvalue weighted by atomic mass is 9.83. The Morgan fingerprint density at radius 1 is 1.16 bits per heavy atom. The van der Waals surface area contributed by atoms with E-state index < -0.39 is 0 Å². The zero-order chi connectivity index (χ0) is 18.4. The van der Waals surface area contributed by atoms with Crippen LogP contribution in [0.3, 0.4) is 0 Å². The highest BCUT2D eigenvalue weighted by molar-refractivity contribution is 6.32. The second-order valence-corrected chi connectivity index (χ2v) is 7.25. The molecular formula is C20H28ClNO3. The highest BCUT2D eigenvalue weighted by Gasteiger charge is 2.23. The monoisotopic (exact) mass is 365 g/mol. The van der Waals surface area contributed by atoms with Crippen molar-refractivity contribution < 1.29 is 14.3 Å². The van der Waals surface area contributed by atoms with Crippen molar-refractivity contribution >= 4 is 17.4 Å². The van der Waals surface area contributed by atoms with Gasteiger partial charge in [-0.1, -0.05) is 43.7 Å². The number of ketones is 1. The Labute approximate surface area is 155 Å². The molecule has 0 saturated heterocycles. The lowest BCUT2D eigenvalue weighted by Crippen LogP contribution is -2.16. The average molecular weight is 366 g/mol. The number of allylic oxidation sites excluding steroid dienone is 1. The maximum atomic E-state index is 13.2. The number of benzene rings is 1. The number of hydrogen-bond acceptors (Lipinski definition) is 4. The van der Waals surface area contributed by atoms with Gasteiger partial charge in [-0.15, -0.1) is 0 Å². The first-order valence-corrected chi connectivity index (χ1v) is 9.17.